The molecule has 7 heteroatoms. The molecular formula is C33H33NO6. The summed E-state index contributed by atoms with van der Waals surface area (Å²) in [5, 5.41) is 11.8. The minimum Gasteiger partial charge on any atom is -0.503 e. The van der Waals surface area contributed by atoms with Crippen LogP contribution in [0.15, 0.2) is 88.5 Å². The molecule has 0 spiro atoms. The van der Waals surface area contributed by atoms with Crippen molar-refractivity contribution in [2.45, 2.75) is 38.6 Å². The monoisotopic (exact) mass is 539 g/mol. The second kappa shape index (κ2) is 10.6. The molecule has 1 aromatic heterocycles. The standard InChI is InChI=1S/C33H33NO6/c1-33(2,3)23-13-11-21(12-14-23)28-27(29(35)26-19-22-7-6-8-25(39-5)31(22)40-26)30(36)32(37)34(28)18-17-20-9-15-24(38-4)16-10-20/h6-16,19,28,36H,17-18H2,1-5H3. The van der Waals surface area contributed by atoms with Crippen LogP contribution >= 0.6 is 0 Å². The molecule has 3 aromatic carbocycles. The van der Waals surface area contributed by atoms with Gasteiger partial charge in [-0.1, -0.05) is 69.3 Å². The van der Waals surface area contributed by atoms with Crippen molar-refractivity contribution in [3.05, 3.63) is 107 Å². The van der Waals surface area contributed by atoms with Crippen molar-refractivity contribution in [3.63, 3.8) is 0 Å². The molecule has 0 radical (unpaired) electrons. The van der Waals surface area contributed by atoms with Gasteiger partial charge in [0.05, 0.1) is 25.8 Å². The largest absolute Gasteiger partial charge is 0.503 e. The minimum absolute atomic E-state index is 0.00117. The molecule has 1 aliphatic rings. The number of methoxy groups -OCH3 is 2. The maximum Gasteiger partial charge on any atom is 0.290 e. The fourth-order valence-corrected chi connectivity index (χ4v) is 5.11. The number of fused-ring (bicyclic) bond motifs is 1. The van der Waals surface area contributed by atoms with Crippen LogP contribution in [0.25, 0.3) is 11.0 Å². The molecule has 0 fully saturated rings. The number of nitrogens with zero attached hydrogens (tertiary/aromatic N) is 1. The molecule has 2 heterocycles. The van der Waals surface area contributed by atoms with Crippen LogP contribution in [0.1, 0.15) is 54.1 Å². The van der Waals surface area contributed by atoms with E-state index in [0.29, 0.717) is 29.7 Å². The van der Waals surface area contributed by atoms with Gasteiger partial charge in [-0.25, -0.2) is 0 Å². The van der Waals surface area contributed by atoms with E-state index in [1.165, 1.54) is 7.11 Å². The summed E-state index contributed by atoms with van der Waals surface area (Å²) in [7, 11) is 3.14. The average molecular weight is 540 g/mol. The lowest BCUT2D eigenvalue weighted by Gasteiger charge is -2.27. The summed E-state index contributed by atoms with van der Waals surface area (Å²) in [4.78, 5) is 28.9. The third kappa shape index (κ3) is 4.95. The van der Waals surface area contributed by atoms with Crippen molar-refractivity contribution < 1.29 is 28.6 Å². The lowest BCUT2D eigenvalue weighted by molar-refractivity contribution is -0.129. The van der Waals surface area contributed by atoms with Gasteiger partial charge < -0.3 is 23.9 Å². The molecule has 1 unspecified atom stereocenters. The van der Waals surface area contributed by atoms with Gasteiger partial charge in [0.1, 0.15) is 5.75 Å². The molecular weight excluding hydrogens is 506 g/mol. The Morgan fingerprint density at radius 1 is 0.975 bits per heavy atom. The number of aliphatic hydroxyl groups is 1. The highest BCUT2D eigenvalue weighted by molar-refractivity contribution is 6.16. The Hall–Kier alpha value is -4.52. The molecule has 1 atom stereocenters. The summed E-state index contributed by atoms with van der Waals surface area (Å²) in [5.41, 5.74) is 3.22. The van der Waals surface area contributed by atoms with Gasteiger partial charge in [-0.2, -0.15) is 0 Å². The van der Waals surface area contributed by atoms with Crippen LogP contribution in [0.4, 0.5) is 0 Å². The number of para-hydroxylation sites is 1. The van der Waals surface area contributed by atoms with Gasteiger partial charge in [0, 0.05) is 11.9 Å². The molecule has 1 aliphatic heterocycles. The van der Waals surface area contributed by atoms with Gasteiger partial charge in [-0.3, -0.25) is 9.59 Å². The van der Waals surface area contributed by atoms with E-state index in [1.54, 1.807) is 30.2 Å². The zero-order valence-electron chi connectivity index (χ0n) is 23.4. The predicted octanol–water partition coefficient (Wildman–Crippen LogP) is 6.57. The van der Waals surface area contributed by atoms with Crippen LogP contribution in [-0.2, 0) is 16.6 Å². The average Bonchev–Trinajstić information content (AvgIpc) is 3.50. The third-order valence-electron chi connectivity index (χ3n) is 7.39. The lowest BCUT2D eigenvalue weighted by Crippen LogP contribution is -2.33. The maximum absolute atomic E-state index is 13.9. The first-order chi connectivity index (χ1) is 19.1. The van der Waals surface area contributed by atoms with E-state index >= 15 is 0 Å². The number of furan rings is 1. The first-order valence-corrected chi connectivity index (χ1v) is 13.2. The van der Waals surface area contributed by atoms with Crippen molar-refractivity contribution in [2.24, 2.45) is 0 Å². The Morgan fingerprint density at radius 2 is 1.68 bits per heavy atom. The summed E-state index contributed by atoms with van der Waals surface area (Å²) in [6.07, 6.45) is 0.531. The van der Waals surface area contributed by atoms with E-state index in [4.69, 9.17) is 13.9 Å². The second-order valence-electron chi connectivity index (χ2n) is 11.0. The lowest BCUT2D eigenvalue weighted by atomic mass is 9.85. The molecule has 206 valence electrons. The van der Waals surface area contributed by atoms with Crippen LogP contribution in [0.5, 0.6) is 11.5 Å². The van der Waals surface area contributed by atoms with Crippen molar-refractivity contribution in [1.82, 2.24) is 4.90 Å². The zero-order chi connectivity index (χ0) is 28.6. The van der Waals surface area contributed by atoms with E-state index in [0.717, 1.165) is 22.4 Å². The van der Waals surface area contributed by atoms with E-state index < -0.39 is 23.5 Å². The van der Waals surface area contributed by atoms with Crippen LogP contribution in [-0.4, -0.2) is 42.5 Å². The van der Waals surface area contributed by atoms with Crippen LogP contribution in [0.3, 0.4) is 0 Å². The number of aliphatic hydroxyl groups excluding tert-OH is 1. The second-order valence-corrected chi connectivity index (χ2v) is 11.0. The molecule has 0 bridgehead atoms. The van der Waals surface area contributed by atoms with E-state index in [9.17, 15) is 14.7 Å². The Labute approximate surface area is 233 Å². The molecule has 1 amide bonds. The van der Waals surface area contributed by atoms with Gasteiger partial charge in [-0.05, 0) is 52.8 Å². The number of ketones is 1. The first-order valence-electron chi connectivity index (χ1n) is 13.2. The number of hydrogen-bond acceptors (Lipinski definition) is 6. The quantitative estimate of drug-likeness (QED) is 0.255. The summed E-state index contributed by atoms with van der Waals surface area (Å²) in [5.74, 6) is -0.421. The highest BCUT2D eigenvalue weighted by atomic mass is 16.5. The zero-order valence-corrected chi connectivity index (χ0v) is 23.4. The summed E-state index contributed by atoms with van der Waals surface area (Å²) < 4.78 is 16.5. The van der Waals surface area contributed by atoms with E-state index in [-0.39, 0.29) is 16.7 Å². The molecule has 1 N–H and O–H groups in total. The molecule has 5 rings (SSSR count). The van der Waals surface area contributed by atoms with Crippen LogP contribution in [0.2, 0.25) is 0 Å². The molecule has 0 saturated carbocycles. The van der Waals surface area contributed by atoms with Crippen LogP contribution in [0, 0.1) is 0 Å². The number of rotatable bonds is 8. The van der Waals surface area contributed by atoms with E-state index in [1.807, 2.05) is 54.6 Å². The van der Waals surface area contributed by atoms with Gasteiger partial charge in [0.2, 0.25) is 5.78 Å². The first kappa shape index (κ1) is 27.1. The molecule has 0 saturated heterocycles. The number of benzene rings is 3. The Kier molecular flexibility index (Phi) is 7.15. The summed E-state index contributed by atoms with van der Waals surface area (Å²) in [6, 6.07) is 21.7. The van der Waals surface area contributed by atoms with Crippen molar-refractivity contribution in [1.29, 1.82) is 0 Å². The number of carbonyl (C=O) groups excluding carboxylic acids is 2. The van der Waals surface area contributed by atoms with Crippen molar-refractivity contribution in [3.8, 4) is 11.5 Å². The number of amides is 1. The normalized spacial score (nSPS) is 15.7. The summed E-state index contributed by atoms with van der Waals surface area (Å²) >= 11 is 0. The molecule has 7 nitrogen and oxygen atoms in total. The molecule has 4 aromatic rings. The highest BCUT2D eigenvalue weighted by Gasteiger charge is 2.44. The number of hydrogen-bond donors (Lipinski definition) is 1. The van der Waals surface area contributed by atoms with Crippen LogP contribution < -0.4 is 9.47 Å². The maximum atomic E-state index is 13.9. The van der Waals surface area contributed by atoms with Gasteiger partial charge in [0.15, 0.2) is 22.9 Å². The van der Waals surface area contributed by atoms with Gasteiger partial charge >= 0.3 is 0 Å². The fourth-order valence-electron chi connectivity index (χ4n) is 5.11. The SMILES string of the molecule is COc1ccc(CCN2C(=O)C(O)=C(C(=O)c3cc4cccc(OC)c4o3)C2c2ccc(C(C)(C)C)cc2)cc1. The Bertz CT molecular complexity index is 1590. The number of Topliss-reactive ketones (excluding diaryl/α,β-unsaturated/α-hetero) is 1. The fraction of sp³-hybridized carbons (Fsp3) is 0.273. The smallest absolute Gasteiger partial charge is 0.290 e. The van der Waals surface area contributed by atoms with Crippen molar-refractivity contribution in [2.75, 3.05) is 20.8 Å². The topological polar surface area (TPSA) is 89.2 Å². The van der Waals surface area contributed by atoms with E-state index in [2.05, 4.69) is 20.8 Å². The Morgan fingerprint density at radius 3 is 2.30 bits per heavy atom. The highest BCUT2D eigenvalue weighted by Crippen LogP contribution is 2.41. The number of ether oxygens (including phenoxy) is 2. The number of carbonyl (C=O) groups is 2. The predicted molar refractivity (Wildman–Crippen MR) is 153 cm³/mol. The van der Waals surface area contributed by atoms with Crippen molar-refractivity contribution >= 4 is 22.7 Å². The molecule has 0 aliphatic carbocycles. The van der Waals surface area contributed by atoms with Gasteiger partial charge in [-0.15, -0.1) is 0 Å². The molecule has 40 heavy (non-hydrogen) atoms. The van der Waals surface area contributed by atoms with Gasteiger partial charge in [0.25, 0.3) is 5.91 Å². The minimum atomic E-state index is -0.776. The Balaban J connectivity index is 1.54. The summed E-state index contributed by atoms with van der Waals surface area (Å²) in [6.45, 7) is 6.67. The third-order valence-corrected chi connectivity index (χ3v) is 7.39.